The zero-order valence-corrected chi connectivity index (χ0v) is 13.4. The van der Waals surface area contributed by atoms with Gasteiger partial charge in [0.25, 0.3) is 5.91 Å². The standard InChI is InChI=1S/C18H17N3O3/c1-12(22)21-11-16(15-9-14(24-2)3-4-17(15)21)18(23)20-10-13-5-7-19-8-6-13/h3-9,11H,10H2,1-2H3,(H,20,23). The van der Waals surface area contributed by atoms with Gasteiger partial charge in [-0.2, -0.15) is 0 Å². The lowest BCUT2D eigenvalue weighted by molar-refractivity contribution is 0.0941. The average Bonchev–Trinajstić information content (AvgIpc) is 2.99. The zero-order valence-electron chi connectivity index (χ0n) is 13.4. The van der Waals surface area contributed by atoms with Crippen molar-refractivity contribution in [2.45, 2.75) is 13.5 Å². The maximum atomic E-state index is 12.6. The molecular formula is C18H17N3O3. The van der Waals surface area contributed by atoms with Gasteiger partial charge in [0.2, 0.25) is 5.91 Å². The number of nitrogens with one attached hydrogen (secondary N) is 1. The minimum Gasteiger partial charge on any atom is -0.497 e. The molecule has 3 rings (SSSR count). The first-order valence-electron chi connectivity index (χ1n) is 7.47. The molecular weight excluding hydrogens is 306 g/mol. The third kappa shape index (κ3) is 2.99. The minimum atomic E-state index is -0.245. The second kappa shape index (κ2) is 6.54. The molecule has 0 aliphatic carbocycles. The Kier molecular flexibility index (Phi) is 4.29. The first kappa shape index (κ1) is 15.7. The Bertz CT molecular complexity index is 901. The highest BCUT2D eigenvalue weighted by Crippen LogP contribution is 2.26. The molecule has 0 aliphatic heterocycles. The predicted molar refractivity (Wildman–Crippen MR) is 90.2 cm³/mol. The van der Waals surface area contributed by atoms with E-state index in [0.29, 0.717) is 28.8 Å². The molecule has 1 aromatic carbocycles. The van der Waals surface area contributed by atoms with E-state index in [1.54, 1.807) is 43.9 Å². The fourth-order valence-electron chi connectivity index (χ4n) is 2.56. The summed E-state index contributed by atoms with van der Waals surface area (Å²) in [5.41, 5.74) is 2.07. The van der Waals surface area contributed by atoms with Crippen LogP contribution >= 0.6 is 0 Å². The number of pyridine rings is 1. The Morgan fingerprint density at radius 3 is 2.62 bits per heavy atom. The zero-order chi connectivity index (χ0) is 17.1. The number of benzene rings is 1. The Balaban J connectivity index is 1.95. The monoisotopic (exact) mass is 323 g/mol. The van der Waals surface area contributed by atoms with Crippen LogP contribution in [-0.4, -0.2) is 28.5 Å². The Hall–Kier alpha value is -3.15. The lowest BCUT2D eigenvalue weighted by atomic mass is 10.1. The van der Waals surface area contributed by atoms with Crippen molar-refractivity contribution in [3.05, 3.63) is 60.0 Å². The van der Waals surface area contributed by atoms with Crippen molar-refractivity contribution in [3.8, 4) is 5.75 Å². The summed E-state index contributed by atoms with van der Waals surface area (Å²) in [6, 6.07) is 8.97. The lowest BCUT2D eigenvalue weighted by Gasteiger charge is -2.05. The van der Waals surface area contributed by atoms with E-state index >= 15 is 0 Å². The van der Waals surface area contributed by atoms with Gasteiger partial charge in [-0.05, 0) is 35.9 Å². The smallest absolute Gasteiger partial charge is 0.253 e. The third-order valence-electron chi connectivity index (χ3n) is 3.80. The summed E-state index contributed by atoms with van der Waals surface area (Å²) in [6.07, 6.45) is 4.91. The Morgan fingerprint density at radius 1 is 1.21 bits per heavy atom. The topological polar surface area (TPSA) is 73.2 Å². The van der Waals surface area contributed by atoms with Crippen molar-refractivity contribution in [2.75, 3.05) is 7.11 Å². The summed E-state index contributed by atoms with van der Waals surface area (Å²) < 4.78 is 6.69. The number of aromatic nitrogens is 2. The molecule has 122 valence electrons. The highest BCUT2D eigenvalue weighted by atomic mass is 16.5. The minimum absolute atomic E-state index is 0.154. The van der Waals surface area contributed by atoms with Crippen molar-refractivity contribution in [2.24, 2.45) is 0 Å². The fraction of sp³-hybridized carbons (Fsp3) is 0.167. The number of fused-ring (bicyclic) bond motifs is 1. The molecule has 6 nitrogen and oxygen atoms in total. The number of rotatable bonds is 4. The third-order valence-corrected chi connectivity index (χ3v) is 3.80. The highest BCUT2D eigenvalue weighted by molar-refractivity contribution is 6.09. The van der Waals surface area contributed by atoms with Gasteiger partial charge in [-0.3, -0.25) is 19.1 Å². The van der Waals surface area contributed by atoms with Crippen LogP contribution in [0.1, 0.15) is 27.6 Å². The van der Waals surface area contributed by atoms with Crippen molar-refractivity contribution in [1.82, 2.24) is 14.9 Å². The van der Waals surface area contributed by atoms with E-state index in [1.165, 1.54) is 11.5 Å². The van der Waals surface area contributed by atoms with Crippen LogP contribution in [0, 0.1) is 0 Å². The van der Waals surface area contributed by atoms with E-state index in [4.69, 9.17) is 4.74 Å². The molecule has 0 spiro atoms. The van der Waals surface area contributed by atoms with E-state index in [2.05, 4.69) is 10.3 Å². The number of hydrogen-bond donors (Lipinski definition) is 1. The van der Waals surface area contributed by atoms with Crippen LogP contribution in [-0.2, 0) is 6.54 Å². The number of methoxy groups -OCH3 is 1. The molecule has 0 unspecified atom stereocenters. The molecule has 0 atom stereocenters. The molecule has 0 aliphatic rings. The van der Waals surface area contributed by atoms with E-state index in [1.807, 2.05) is 12.1 Å². The van der Waals surface area contributed by atoms with Crippen molar-refractivity contribution >= 4 is 22.7 Å². The van der Waals surface area contributed by atoms with Crippen LogP contribution in [0.25, 0.3) is 10.9 Å². The number of amides is 1. The van der Waals surface area contributed by atoms with E-state index < -0.39 is 0 Å². The van der Waals surface area contributed by atoms with Crippen LogP contribution < -0.4 is 10.1 Å². The number of carbonyl (C=O) groups is 2. The van der Waals surface area contributed by atoms with Crippen LogP contribution in [0.2, 0.25) is 0 Å². The van der Waals surface area contributed by atoms with Crippen molar-refractivity contribution < 1.29 is 14.3 Å². The van der Waals surface area contributed by atoms with E-state index in [-0.39, 0.29) is 11.8 Å². The highest BCUT2D eigenvalue weighted by Gasteiger charge is 2.17. The molecule has 0 saturated carbocycles. The number of ether oxygens (including phenoxy) is 1. The fourth-order valence-corrected chi connectivity index (χ4v) is 2.56. The summed E-state index contributed by atoms with van der Waals surface area (Å²) in [5.74, 6) is 0.232. The summed E-state index contributed by atoms with van der Waals surface area (Å²) in [4.78, 5) is 28.3. The SMILES string of the molecule is COc1ccc2c(c1)c(C(=O)NCc1ccncc1)cn2C(C)=O. The van der Waals surface area contributed by atoms with Gasteiger partial charge in [-0.25, -0.2) is 0 Å². The lowest BCUT2D eigenvalue weighted by Crippen LogP contribution is -2.22. The van der Waals surface area contributed by atoms with Crippen LogP contribution in [0.4, 0.5) is 0 Å². The van der Waals surface area contributed by atoms with Crippen molar-refractivity contribution in [3.63, 3.8) is 0 Å². The van der Waals surface area contributed by atoms with E-state index in [9.17, 15) is 9.59 Å². The molecule has 6 heteroatoms. The van der Waals surface area contributed by atoms with Gasteiger partial charge in [0, 0.05) is 37.4 Å². The van der Waals surface area contributed by atoms with Gasteiger partial charge in [-0.15, -0.1) is 0 Å². The molecule has 1 N–H and O–H groups in total. The number of hydrogen-bond acceptors (Lipinski definition) is 4. The molecule has 1 amide bonds. The second-order valence-corrected chi connectivity index (χ2v) is 5.35. The van der Waals surface area contributed by atoms with Gasteiger partial charge in [0.1, 0.15) is 5.75 Å². The predicted octanol–water partition coefficient (Wildman–Crippen LogP) is 2.64. The number of carbonyl (C=O) groups excluding carboxylic acids is 2. The summed E-state index contributed by atoms with van der Waals surface area (Å²) in [5, 5.41) is 3.54. The van der Waals surface area contributed by atoms with Crippen LogP contribution in [0.5, 0.6) is 5.75 Å². The molecule has 0 saturated heterocycles. The molecule has 0 bridgehead atoms. The van der Waals surface area contributed by atoms with Gasteiger partial charge in [0.05, 0.1) is 18.2 Å². The molecule has 2 aromatic heterocycles. The maximum Gasteiger partial charge on any atom is 0.253 e. The van der Waals surface area contributed by atoms with Crippen LogP contribution in [0.3, 0.4) is 0 Å². The van der Waals surface area contributed by atoms with Crippen molar-refractivity contribution in [1.29, 1.82) is 0 Å². The summed E-state index contributed by atoms with van der Waals surface area (Å²) in [7, 11) is 1.56. The average molecular weight is 323 g/mol. The van der Waals surface area contributed by atoms with Gasteiger partial charge in [0.15, 0.2) is 0 Å². The molecule has 0 radical (unpaired) electrons. The second-order valence-electron chi connectivity index (χ2n) is 5.35. The maximum absolute atomic E-state index is 12.6. The van der Waals surface area contributed by atoms with Gasteiger partial charge < -0.3 is 10.1 Å². The van der Waals surface area contributed by atoms with Gasteiger partial charge >= 0.3 is 0 Å². The van der Waals surface area contributed by atoms with Gasteiger partial charge in [-0.1, -0.05) is 0 Å². The first-order chi connectivity index (χ1) is 11.6. The molecule has 3 aromatic rings. The normalized spacial score (nSPS) is 10.6. The largest absolute Gasteiger partial charge is 0.497 e. The molecule has 2 heterocycles. The molecule has 24 heavy (non-hydrogen) atoms. The first-order valence-corrected chi connectivity index (χ1v) is 7.47. The Labute approximate surface area is 139 Å². The molecule has 0 fully saturated rings. The quantitative estimate of drug-likeness (QED) is 0.801. The number of nitrogens with zero attached hydrogens (tertiary/aromatic N) is 2. The summed E-state index contributed by atoms with van der Waals surface area (Å²) in [6.45, 7) is 1.85. The Morgan fingerprint density at radius 2 is 1.96 bits per heavy atom. The summed E-state index contributed by atoms with van der Waals surface area (Å²) >= 11 is 0. The van der Waals surface area contributed by atoms with Crippen LogP contribution in [0.15, 0.2) is 48.9 Å². The van der Waals surface area contributed by atoms with E-state index in [0.717, 1.165) is 5.56 Å².